The fourth-order valence-electron chi connectivity index (χ4n) is 1.11. The Morgan fingerprint density at radius 2 is 1.88 bits per heavy atom. The lowest BCUT2D eigenvalue weighted by molar-refractivity contribution is 0.259. The maximum Gasteiger partial charge on any atom is 0.347 e. The monoisotopic (exact) mass is 247 g/mol. The van der Waals surface area contributed by atoms with E-state index in [1.54, 1.807) is 4.90 Å². The Bertz CT molecular complexity index is 342. The second kappa shape index (κ2) is 5.43. The van der Waals surface area contributed by atoms with Crippen LogP contribution in [0, 0.1) is 5.41 Å². The Morgan fingerprint density at radius 3 is 2.31 bits per heavy atom. The Labute approximate surface area is 95.6 Å². The van der Waals surface area contributed by atoms with Gasteiger partial charge in [-0.15, -0.1) is 0 Å². The summed E-state index contributed by atoms with van der Waals surface area (Å²) in [6.45, 7) is 4.61. The van der Waals surface area contributed by atoms with Crippen LogP contribution in [0.4, 0.5) is 0 Å². The average molecular weight is 247 g/mol. The molecule has 0 spiro atoms. The molecule has 1 aliphatic rings. The number of hydrogen-bond acceptors (Lipinski definition) is 5. The Hall–Kier alpha value is -0.910. The fourth-order valence-corrected chi connectivity index (χ4v) is 2.91. The van der Waals surface area contributed by atoms with Crippen LogP contribution in [0.5, 0.6) is 0 Å². The summed E-state index contributed by atoms with van der Waals surface area (Å²) in [5.41, 5.74) is 0. The van der Waals surface area contributed by atoms with E-state index in [9.17, 15) is 0 Å². The first-order chi connectivity index (χ1) is 7.53. The molecule has 0 saturated carbocycles. The van der Waals surface area contributed by atoms with Crippen molar-refractivity contribution in [3.05, 3.63) is 0 Å². The van der Waals surface area contributed by atoms with Crippen LogP contribution in [0.2, 0.25) is 0 Å². The van der Waals surface area contributed by atoms with Crippen molar-refractivity contribution in [3.8, 4) is 0 Å². The van der Waals surface area contributed by atoms with Crippen molar-refractivity contribution >= 4 is 19.6 Å². The van der Waals surface area contributed by atoms with Crippen LogP contribution >= 0.6 is 7.66 Å². The van der Waals surface area contributed by atoms with Crippen LogP contribution in [-0.2, 0) is 9.05 Å². The van der Waals surface area contributed by atoms with Gasteiger partial charge in [0.05, 0.1) is 13.2 Å². The molecule has 1 rings (SSSR count). The molecular formula is C8H18N5O2P. The zero-order valence-corrected chi connectivity index (χ0v) is 10.9. The van der Waals surface area contributed by atoms with Gasteiger partial charge in [0.2, 0.25) is 11.9 Å². The summed E-state index contributed by atoms with van der Waals surface area (Å²) in [5.74, 6) is 0.559. The molecule has 1 heterocycles. The second-order valence-electron chi connectivity index (χ2n) is 3.22. The Balaban J connectivity index is 3.09. The zero-order valence-electron chi connectivity index (χ0n) is 10.0. The highest BCUT2D eigenvalue weighted by Crippen LogP contribution is 2.54. The molecule has 92 valence electrons. The lowest BCUT2D eigenvalue weighted by atomic mass is 10.8. The van der Waals surface area contributed by atoms with Gasteiger partial charge in [0.15, 0.2) is 0 Å². The highest BCUT2D eigenvalue weighted by molar-refractivity contribution is 7.55. The van der Waals surface area contributed by atoms with Crippen LogP contribution in [0.3, 0.4) is 0 Å². The Kier molecular flexibility index (Phi) is 4.46. The summed E-state index contributed by atoms with van der Waals surface area (Å²) >= 11 is 0. The molecule has 7 nitrogen and oxygen atoms in total. The van der Waals surface area contributed by atoms with Gasteiger partial charge in [-0.3, -0.25) is 10.7 Å². The molecule has 16 heavy (non-hydrogen) atoms. The summed E-state index contributed by atoms with van der Waals surface area (Å²) in [5, 5.41) is 10.4. The largest absolute Gasteiger partial charge is 0.348 e. The number of nitrogens with one attached hydrogen (secondary N) is 2. The number of nitrogens with zero attached hydrogens (tertiary/aromatic N) is 3. The van der Waals surface area contributed by atoms with E-state index in [2.05, 4.69) is 14.8 Å². The molecule has 0 saturated heterocycles. The third-order valence-corrected chi connectivity index (χ3v) is 3.78. The van der Waals surface area contributed by atoms with Gasteiger partial charge in [0.1, 0.15) is 0 Å². The molecule has 0 fully saturated rings. The minimum Gasteiger partial charge on any atom is -0.348 e. The predicted octanol–water partition coefficient (Wildman–Crippen LogP) is 1.46. The topological polar surface area (TPSA) is 82.3 Å². The third-order valence-electron chi connectivity index (χ3n) is 1.70. The van der Waals surface area contributed by atoms with E-state index in [4.69, 9.17) is 14.5 Å². The van der Waals surface area contributed by atoms with Crippen LogP contribution < -0.4 is 5.32 Å². The summed E-state index contributed by atoms with van der Waals surface area (Å²) < 4.78 is 19.4. The molecule has 0 atom stereocenters. The van der Waals surface area contributed by atoms with Crippen LogP contribution in [0.1, 0.15) is 13.8 Å². The molecule has 8 heteroatoms. The van der Waals surface area contributed by atoms with Crippen LogP contribution in [0.25, 0.3) is 0 Å². The highest BCUT2D eigenvalue weighted by atomic mass is 31.2. The molecule has 1 aliphatic heterocycles. The van der Waals surface area contributed by atoms with E-state index in [1.807, 2.05) is 27.9 Å². The van der Waals surface area contributed by atoms with Crippen molar-refractivity contribution < 1.29 is 9.05 Å². The predicted molar refractivity (Wildman–Crippen MR) is 64.6 cm³/mol. The van der Waals surface area contributed by atoms with Gasteiger partial charge in [0.25, 0.3) is 0 Å². The van der Waals surface area contributed by atoms with E-state index in [-0.39, 0.29) is 5.96 Å². The van der Waals surface area contributed by atoms with E-state index in [1.165, 1.54) is 0 Å². The summed E-state index contributed by atoms with van der Waals surface area (Å²) in [7, 11) is 0.989. The van der Waals surface area contributed by atoms with Crippen molar-refractivity contribution in [2.75, 3.05) is 27.3 Å². The molecule has 0 unspecified atom stereocenters. The molecular weight excluding hydrogens is 229 g/mol. The molecule has 0 aromatic rings. The summed E-state index contributed by atoms with van der Waals surface area (Å²) in [6, 6.07) is 0. The van der Waals surface area contributed by atoms with Gasteiger partial charge in [0, 0.05) is 14.1 Å². The number of rotatable bonds is 4. The molecule has 0 bridgehead atoms. The van der Waals surface area contributed by atoms with Gasteiger partial charge in [-0.1, -0.05) is 0 Å². The lowest BCUT2D eigenvalue weighted by Crippen LogP contribution is -2.40. The van der Waals surface area contributed by atoms with Crippen molar-refractivity contribution in [2.45, 2.75) is 13.8 Å². The van der Waals surface area contributed by atoms with Gasteiger partial charge in [-0.05, 0) is 13.8 Å². The van der Waals surface area contributed by atoms with E-state index >= 15 is 0 Å². The highest BCUT2D eigenvalue weighted by Gasteiger charge is 2.27. The first-order valence-electron chi connectivity index (χ1n) is 5.07. The van der Waals surface area contributed by atoms with Crippen molar-refractivity contribution in [3.63, 3.8) is 0 Å². The normalized spacial score (nSPS) is 18.5. The average Bonchev–Trinajstić information content (AvgIpc) is 2.17. The van der Waals surface area contributed by atoms with Gasteiger partial charge >= 0.3 is 7.66 Å². The second-order valence-corrected chi connectivity index (χ2v) is 5.12. The maximum atomic E-state index is 7.61. The molecule has 0 aromatic heterocycles. The third kappa shape index (κ3) is 3.04. The molecule has 0 aromatic carbocycles. The Morgan fingerprint density at radius 1 is 1.31 bits per heavy atom. The standard InChI is InChI=1S/C8H18N5O2P/c1-5-14-16(15-6-2)11-7(9)10-8(12-16)13(3)4/h5-6H2,1-4H3,(H2,9,10,12). The van der Waals surface area contributed by atoms with Gasteiger partial charge in [-0.25, -0.2) is 0 Å². The lowest BCUT2D eigenvalue weighted by Gasteiger charge is -2.26. The van der Waals surface area contributed by atoms with Crippen LogP contribution in [-0.4, -0.2) is 44.1 Å². The van der Waals surface area contributed by atoms with Gasteiger partial charge < -0.3 is 13.9 Å². The van der Waals surface area contributed by atoms with Crippen molar-refractivity contribution in [2.24, 2.45) is 9.51 Å². The van der Waals surface area contributed by atoms with Crippen LogP contribution in [0.15, 0.2) is 9.51 Å². The van der Waals surface area contributed by atoms with Crippen molar-refractivity contribution in [1.29, 1.82) is 5.41 Å². The molecule has 0 radical (unpaired) electrons. The molecule has 2 N–H and O–H groups in total. The number of guanidine groups is 2. The van der Waals surface area contributed by atoms with E-state index in [0.717, 1.165) is 0 Å². The zero-order chi connectivity index (χ0) is 12.2. The molecule has 0 amide bonds. The minimum absolute atomic E-state index is 0.0222. The first kappa shape index (κ1) is 13.2. The summed E-state index contributed by atoms with van der Waals surface area (Å²) in [6.07, 6.45) is 0. The number of hydrogen-bond donors (Lipinski definition) is 2. The maximum absolute atomic E-state index is 7.61. The van der Waals surface area contributed by atoms with Gasteiger partial charge in [-0.2, -0.15) is 9.51 Å². The van der Waals surface area contributed by atoms with E-state index in [0.29, 0.717) is 19.2 Å². The smallest absolute Gasteiger partial charge is 0.347 e. The van der Waals surface area contributed by atoms with E-state index < -0.39 is 7.66 Å². The fraction of sp³-hybridized carbons (Fsp3) is 0.750. The first-order valence-corrected chi connectivity index (χ1v) is 6.60. The SMILES string of the molecule is CCOP1(OCC)=NC(=N)NC(N(C)C)=N1. The minimum atomic E-state index is -2.67. The van der Waals surface area contributed by atoms with Crippen molar-refractivity contribution in [1.82, 2.24) is 10.2 Å². The summed E-state index contributed by atoms with van der Waals surface area (Å²) in [4.78, 5) is 1.76. The molecule has 0 aliphatic carbocycles. The quantitative estimate of drug-likeness (QED) is 0.737.